The van der Waals surface area contributed by atoms with Crippen LogP contribution in [0.15, 0.2) is 0 Å². The van der Waals surface area contributed by atoms with Gasteiger partial charge in [-0.1, -0.05) is 13.3 Å². The van der Waals surface area contributed by atoms with Crippen molar-refractivity contribution in [1.82, 2.24) is 4.90 Å². The van der Waals surface area contributed by atoms with Gasteiger partial charge < -0.3 is 4.90 Å². The Labute approximate surface area is 80.3 Å². The number of likely N-dealkylation sites (tertiary alicyclic amines) is 1. The smallest absolute Gasteiger partial charge is 0.228 e. The Morgan fingerprint density at radius 1 is 1.31 bits per heavy atom. The van der Waals surface area contributed by atoms with Crippen molar-refractivity contribution in [2.75, 3.05) is 13.1 Å². The van der Waals surface area contributed by atoms with Crippen LogP contribution in [0.2, 0.25) is 0 Å². The molecule has 1 saturated heterocycles. The van der Waals surface area contributed by atoms with Crippen molar-refractivity contribution < 1.29 is 4.79 Å². The Balaban J connectivity index is 1.95. The maximum atomic E-state index is 12.0. The van der Waals surface area contributed by atoms with Gasteiger partial charge in [0.15, 0.2) is 0 Å². The summed E-state index contributed by atoms with van der Waals surface area (Å²) in [5.74, 6) is 0.409. The van der Waals surface area contributed by atoms with Crippen LogP contribution in [-0.4, -0.2) is 23.9 Å². The van der Waals surface area contributed by atoms with E-state index in [0.29, 0.717) is 5.91 Å². The number of carbonyl (C=O) groups is 1. The predicted molar refractivity (Wildman–Crippen MR) is 52.1 cm³/mol. The van der Waals surface area contributed by atoms with E-state index in [4.69, 9.17) is 0 Å². The highest BCUT2D eigenvalue weighted by molar-refractivity contribution is 5.83. The molecule has 0 aromatic heterocycles. The average molecular weight is 180 g/mol. The molecule has 1 heterocycles. The lowest BCUT2D eigenvalue weighted by molar-refractivity contribution is -0.146. The Morgan fingerprint density at radius 2 is 1.92 bits per heavy atom. The van der Waals surface area contributed by atoms with Crippen molar-refractivity contribution in [3.63, 3.8) is 0 Å². The molecule has 1 aliphatic heterocycles. The third-order valence-electron chi connectivity index (χ3n) is 3.47. The second kappa shape index (κ2) is 3.32. The van der Waals surface area contributed by atoms with Gasteiger partial charge in [-0.2, -0.15) is 0 Å². The fraction of sp³-hybridized carbons (Fsp3) is 0.818. The van der Waals surface area contributed by atoms with E-state index in [0.717, 1.165) is 38.8 Å². The van der Waals surface area contributed by atoms with Crippen molar-refractivity contribution in [2.45, 2.75) is 39.0 Å². The van der Waals surface area contributed by atoms with Gasteiger partial charge in [0.1, 0.15) is 0 Å². The van der Waals surface area contributed by atoms with E-state index < -0.39 is 0 Å². The number of carbonyl (C=O) groups excluding carboxylic acids is 1. The summed E-state index contributed by atoms with van der Waals surface area (Å²) in [4.78, 5) is 14.1. The average Bonchev–Trinajstić information content (AvgIpc) is 2.14. The fourth-order valence-electron chi connectivity index (χ4n) is 2.26. The van der Waals surface area contributed by atoms with E-state index in [-0.39, 0.29) is 5.41 Å². The molecule has 2 heteroatoms. The lowest BCUT2D eigenvalue weighted by Gasteiger charge is -2.41. The minimum atomic E-state index is 0.0113. The van der Waals surface area contributed by atoms with Crippen LogP contribution in [0.5, 0.6) is 0 Å². The summed E-state index contributed by atoms with van der Waals surface area (Å²) in [6.45, 7) is 4.03. The van der Waals surface area contributed by atoms with E-state index in [1.807, 2.05) is 0 Å². The number of rotatable bonds is 1. The zero-order chi connectivity index (χ0) is 9.31. The largest absolute Gasteiger partial charge is 0.342 e. The zero-order valence-corrected chi connectivity index (χ0v) is 8.38. The lowest BCUT2D eigenvalue weighted by atomic mass is 9.69. The fourth-order valence-corrected chi connectivity index (χ4v) is 2.26. The molecule has 2 rings (SSSR count). The number of nitrogens with zero attached hydrogens (tertiary/aromatic N) is 1. The van der Waals surface area contributed by atoms with Crippen LogP contribution >= 0.6 is 0 Å². The molecular formula is C11H18NO. The molecular weight excluding hydrogens is 162 g/mol. The van der Waals surface area contributed by atoms with Crippen molar-refractivity contribution in [2.24, 2.45) is 5.41 Å². The van der Waals surface area contributed by atoms with Gasteiger partial charge in [-0.15, -0.1) is 0 Å². The Bertz CT molecular complexity index is 202. The standard InChI is InChI=1S/C11H18NO/c1-11(6-5-7-11)10(13)12-8-3-2-4-9-12/h2H,3-9H2,1H3. The molecule has 0 atom stereocenters. The van der Waals surface area contributed by atoms with E-state index >= 15 is 0 Å². The zero-order valence-electron chi connectivity index (χ0n) is 8.38. The highest BCUT2D eigenvalue weighted by atomic mass is 16.2. The maximum absolute atomic E-state index is 12.0. The molecule has 2 aliphatic rings. The Morgan fingerprint density at radius 3 is 2.38 bits per heavy atom. The predicted octanol–water partition coefficient (Wildman–Crippen LogP) is 2.00. The van der Waals surface area contributed by atoms with Gasteiger partial charge in [0.2, 0.25) is 5.91 Å². The molecule has 1 radical (unpaired) electrons. The van der Waals surface area contributed by atoms with Crippen LogP contribution in [-0.2, 0) is 4.79 Å². The molecule has 2 nitrogen and oxygen atoms in total. The van der Waals surface area contributed by atoms with Crippen LogP contribution in [0.1, 0.15) is 39.0 Å². The summed E-state index contributed by atoms with van der Waals surface area (Å²) in [7, 11) is 0. The van der Waals surface area contributed by atoms with Crippen molar-refractivity contribution in [1.29, 1.82) is 0 Å². The molecule has 1 saturated carbocycles. The van der Waals surface area contributed by atoms with Crippen molar-refractivity contribution in [3.8, 4) is 0 Å². The summed E-state index contributed by atoms with van der Waals surface area (Å²) in [5.41, 5.74) is 0.0113. The van der Waals surface area contributed by atoms with E-state index in [1.54, 1.807) is 0 Å². The molecule has 1 aliphatic carbocycles. The molecule has 13 heavy (non-hydrogen) atoms. The molecule has 0 aromatic carbocycles. The third kappa shape index (κ3) is 1.59. The second-order valence-corrected chi connectivity index (χ2v) is 4.57. The van der Waals surface area contributed by atoms with Crippen molar-refractivity contribution in [3.05, 3.63) is 6.42 Å². The monoisotopic (exact) mass is 180 g/mol. The molecule has 73 valence electrons. The molecule has 2 fully saturated rings. The minimum Gasteiger partial charge on any atom is -0.342 e. The number of hydrogen-bond donors (Lipinski definition) is 0. The van der Waals surface area contributed by atoms with Gasteiger partial charge in [0, 0.05) is 18.5 Å². The first-order valence-corrected chi connectivity index (χ1v) is 5.33. The van der Waals surface area contributed by atoms with Crippen LogP contribution in [0.4, 0.5) is 0 Å². The van der Waals surface area contributed by atoms with Gasteiger partial charge >= 0.3 is 0 Å². The second-order valence-electron chi connectivity index (χ2n) is 4.57. The van der Waals surface area contributed by atoms with Crippen LogP contribution in [0.25, 0.3) is 0 Å². The number of piperidine rings is 1. The molecule has 0 spiro atoms. The first-order chi connectivity index (χ1) is 6.22. The summed E-state index contributed by atoms with van der Waals surface area (Å²) in [6.07, 6.45) is 7.90. The van der Waals surface area contributed by atoms with E-state index in [2.05, 4.69) is 18.2 Å². The lowest BCUT2D eigenvalue weighted by Crippen LogP contribution is -2.47. The Hall–Kier alpha value is -0.530. The SMILES string of the molecule is CC1(C(=O)N2CC[CH]CC2)CCC1. The minimum absolute atomic E-state index is 0.0113. The molecule has 1 amide bonds. The molecule has 0 aromatic rings. The summed E-state index contributed by atoms with van der Waals surface area (Å²) >= 11 is 0. The van der Waals surface area contributed by atoms with Crippen LogP contribution in [0, 0.1) is 11.8 Å². The summed E-state index contributed by atoms with van der Waals surface area (Å²) in [5, 5.41) is 0. The van der Waals surface area contributed by atoms with Crippen LogP contribution in [0.3, 0.4) is 0 Å². The maximum Gasteiger partial charge on any atom is 0.228 e. The topological polar surface area (TPSA) is 20.3 Å². The third-order valence-corrected chi connectivity index (χ3v) is 3.47. The van der Waals surface area contributed by atoms with Gasteiger partial charge in [0.05, 0.1) is 0 Å². The number of amides is 1. The molecule has 0 N–H and O–H groups in total. The van der Waals surface area contributed by atoms with Gasteiger partial charge in [-0.3, -0.25) is 4.79 Å². The highest BCUT2D eigenvalue weighted by Crippen LogP contribution is 2.42. The van der Waals surface area contributed by atoms with Gasteiger partial charge in [-0.05, 0) is 32.1 Å². The highest BCUT2D eigenvalue weighted by Gasteiger charge is 2.41. The Kier molecular flexibility index (Phi) is 2.31. The van der Waals surface area contributed by atoms with Crippen molar-refractivity contribution >= 4 is 5.91 Å². The normalized spacial score (nSPS) is 26.7. The van der Waals surface area contributed by atoms with E-state index in [9.17, 15) is 4.79 Å². The van der Waals surface area contributed by atoms with E-state index in [1.165, 1.54) is 6.42 Å². The van der Waals surface area contributed by atoms with Gasteiger partial charge in [-0.25, -0.2) is 0 Å². The summed E-state index contributed by atoms with van der Waals surface area (Å²) in [6, 6.07) is 0. The first-order valence-electron chi connectivity index (χ1n) is 5.33. The molecule has 0 bridgehead atoms. The first kappa shape index (κ1) is 9.04. The van der Waals surface area contributed by atoms with Crippen LogP contribution < -0.4 is 0 Å². The quantitative estimate of drug-likeness (QED) is 0.604. The summed E-state index contributed by atoms with van der Waals surface area (Å²) < 4.78 is 0. The molecule has 0 unspecified atom stereocenters. The number of hydrogen-bond acceptors (Lipinski definition) is 1. The van der Waals surface area contributed by atoms with Gasteiger partial charge in [0.25, 0.3) is 0 Å².